The van der Waals surface area contributed by atoms with E-state index >= 15 is 0 Å². The second-order valence-electron chi connectivity index (χ2n) is 7.74. The van der Waals surface area contributed by atoms with Crippen molar-refractivity contribution in [1.82, 2.24) is 15.1 Å². The highest BCUT2D eigenvalue weighted by Gasteiger charge is 2.23. The first-order chi connectivity index (χ1) is 15.2. The molecule has 0 bridgehead atoms. The molecule has 2 fully saturated rings. The van der Waals surface area contributed by atoms with Gasteiger partial charge in [-0.05, 0) is 30.7 Å². The average molecular weight is 563 g/mol. The Balaban J connectivity index is 0.00000363. The number of hydrogen-bond acceptors (Lipinski definition) is 7. The molecule has 2 aliphatic heterocycles. The van der Waals surface area contributed by atoms with Crippen molar-refractivity contribution in [3.05, 3.63) is 23.8 Å². The lowest BCUT2D eigenvalue weighted by Gasteiger charge is -2.34. The fourth-order valence-electron chi connectivity index (χ4n) is 3.97. The summed E-state index contributed by atoms with van der Waals surface area (Å²) in [5, 5.41) is 3.25. The molecule has 3 N–H and O–H groups in total. The molecule has 2 saturated heterocycles. The first kappa shape index (κ1) is 26.9. The molecule has 0 saturated carbocycles. The minimum Gasteiger partial charge on any atom is -0.493 e. The number of benzene rings is 1. The minimum absolute atomic E-state index is 0. The number of methoxy groups -OCH3 is 2. The highest BCUT2D eigenvalue weighted by molar-refractivity contribution is 14.0. The molecule has 1 aromatic rings. The van der Waals surface area contributed by atoms with Crippen molar-refractivity contribution in [3.8, 4) is 11.5 Å². The van der Waals surface area contributed by atoms with Gasteiger partial charge in [0.2, 0.25) is 0 Å². The van der Waals surface area contributed by atoms with Crippen LogP contribution < -0.4 is 20.5 Å². The topological polar surface area (TPSA) is 93.8 Å². The molecule has 1 atom stereocenters. The van der Waals surface area contributed by atoms with Crippen LogP contribution >= 0.6 is 24.0 Å². The van der Waals surface area contributed by atoms with Gasteiger partial charge < -0.3 is 30.0 Å². The van der Waals surface area contributed by atoms with Gasteiger partial charge in [-0.2, -0.15) is 0 Å². The summed E-state index contributed by atoms with van der Waals surface area (Å²) in [5.74, 6) is 1.93. The van der Waals surface area contributed by atoms with Gasteiger partial charge in [0.15, 0.2) is 17.5 Å². The summed E-state index contributed by atoms with van der Waals surface area (Å²) in [7, 11) is 3.30. The van der Waals surface area contributed by atoms with Crippen LogP contribution in [0.3, 0.4) is 0 Å². The molecule has 10 heteroatoms. The fourth-order valence-corrected chi connectivity index (χ4v) is 3.97. The molecule has 0 aromatic heterocycles. The van der Waals surface area contributed by atoms with Gasteiger partial charge in [-0.1, -0.05) is 6.07 Å². The zero-order chi connectivity index (χ0) is 21.9. The number of nitrogens with zero attached hydrogens (tertiary/aromatic N) is 3. The van der Waals surface area contributed by atoms with Crippen molar-refractivity contribution in [1.29, 1.82) is 0 Å². The third kappa shape index (κ3) is 8.22. The quantitative estimate of drug-likeness (QED) is 0.191. The number of ether oxygens (including phenoxy) is 4. The van der Waals surface area contributed by atoms with Crippen LogP contribution in [0, 0.1) is 0 Å². The van der Waals surface area contributed by atoms with E-state index in [4.69, 9.17) is 24.7 Å². The Hall–Kier alpha value is -1.34. The summed E-state index contributed by atoms with van der Waals surface area (Å²) in [6.07, 6.45) is 1.03. The molecule has 0 spiro atoms. The van der Waals surface area contributed by atoms with Gasteiger partial charge in [-0.15, -0.1) is 24.0 Å². The molecule has 0 aliphatic carbocycles. The number of halogens is 1. The molecule has 1 aromatic carbocycles. The molecule has 32 heavy (non-hydrogen) atoms. The smallest absolute Gasteiger partial charge is 0.188 e. The third-order valence-corrected chi connectivity index (χ3v) is 5.77. The molecule has 0 radical (unpaired) electrons. The third-order valence-electron chi connectivity index (χ3n) is 5.77. The molecular formula is C22H38IN5O4. The van der Waals surface area contributed by atoms with E-state index in [2.05, 4.69) is 26.2 Å². The predicted octanol–water partition coefficient (Wildman–Crippen LogP) is 1.32. The lowest BCUT2D eigenvalue weighted by Crippen LogP contribution is -2.41. The summed E-state index contributed by atoms with van der Waals surface area (Å²) in [6, 6.07) is 6.14. The van der Waals surface area contributed by atoms with Crippen molar-refractivity contribution in [2.24, 2.45) is 10.7 Å². The summed E-state index contributed by atoms with van der Waals surface area (Å²) in [6.45, 7) is 9.28. The maximum Gasteiger partial charge on any atom is 0.188 e. The van der Waals surface area contributed by atoms with E-state index in [0.29, 0.717) is 12.5 Å². The highest BCUT2D eigenvalue weighted by Crippen LogP contribution is 2.32. The summed E-state index contributed by atoms with van der Waals surface area (Å²) >= 11 is 0. The van der Waals surface area contributed by atoms with Crippen LogP contribution in [0.4, 0.5) is 0 Å². The van der Waals surface area contributed by atoms with Gasteiger partial charge in [0, 0.05) is 32.7 Å². The van der Waals surface area contributed by atoms with Crippen LogP contribution in [-0.2, 0) is 9.47 Å². The van der Waals surface area contributed by atoms with Gasteiger partial charge in [-0.25, -0.2) is 0 Å². The van der Waals surface area contributed by atoms with E-state index in [1.807, 2.05) is 12.1 Å². The summed E-state index contributed by atoms with van der Waals surface area (Å²) in [4.78, 5) is 9.46. The van der Waals surface area contributed by atoms with E-state index in [1.54, 1.807) is 14.2 Å². The minimum atomic E-state index is 0. The monoisotopic (exact) mass is 563 g/mol. The Bertz CT molecular complexity index is 697. The highest BCUT2D eigenvalue weighted by atomic mass is 127. The molecular weight excluding hydrogens is 525 g/mol. The first-order valence-electron chi connectivity index (χ1n) is 11.1. The second kappa shape index (κ2) is 14.7. The number of nitrogens with one attached hydrogen (secondary N) is 1. The van der Waals surface area contributed by atoms with Gasteiger partial charge in [0.05, 0.1) is 53.2 Å². The predicted molar refractivity (Wildman–Crippen MR) is 136 cm³/mol. The number of guanidine groups is 1. The molecule has 9 nitrogen and oxygen atoms in total. The Morgan fingerprint density at radius 2 is 1.72 bits per heavy atom. The van der Waals surface area contributed by atoms with E-state index in [1.165, 1.54) is 0 Å². The SMILES string of the molecule is COc1ccc(C(CN=C(N)NCCCN2CCOCC2)N2CCOCC2)cc1OC.I. The number of hydrogen-bond donors (Lipinski definition) is 2. The largest absolute Gasteiger partial charge is 0.493 e. The van der Waals surface area contributed by atoms with Crippen molar-refractivity contribution < 1.29 is 18.9 Å². The van der Waals surface area contributed by atoms with Crippen molar-refractivity contribution >= 4 is 29.9 Å². The van der Waals surface area contributed by atoms with Crippen molar-refractivity contribution in [3.63, 3.8) is 0 Å². The normalized spacial score (nSPS) is 19.1. The molecule has 1 unspecified atom stereocenters. The van der Waals surface area contributed by atoms with Crippen molar-refractivity contribution in [2.45, 2.75) is 12.5 Å². The molecule has 2 heterocycles. The van der Waals surface area contributed by atoms with Gasteiger partial charge >= 0.3 is 0 Å². The van der Waals surface area contributed by atoms with Crippen LogP contribution in [0.15, 0.2) is 23.2 Å². The zero-order valence-corrected chi connectivity index (χ0v) is 21.6. The first-order valence-corrected chi connectivity index (χ1v) is 11.1. The van der Waals surface area contributed by atoms with Gasteiger partial charge in [0.25, 0.3) is 0 Å². The standard InChI is InChI=1S/C22H37N5O4.HI/c1-28-20-5-4-18(16-21(20)29-2)19(27-10-14-31-15-11-27)17-25-22(23)24-6-3-7-26-8-12-30-13-9-26;/h4-5,16,19H,3,6-15,17H2,1-2H3,(H3,23,24,25);1H. The Kier molecular flexibility index (Phi) is 12.4. The Morgan fingerprint density at radius 3 is 2.38 bits per heavy atom. The maximum absolute atomic E-state index is 6.17. The Morgan fingerprint density at radius 1 is 1.06 bits per heavy atom. The summed E-state index contributed by atoms with van der Waals surface area (Å²) in [5.41, 5.74) is 7.30. The zero-order valence-electron chi connectivity index (χ0n) is 19.3. The van der Waals surface area contributed by atoms with Crippen LogP contribution in [0.25, 0.3) is 0 Å². The lowest BCUT2D eigenvalue weighted by molar-refractivity contribution is 0.0179. The molecule has 3 rings (SSSR count). The maximum atomic E-state index is 6.17. The number of rotatable bonds is 10. The number of aliphatic imine (C=N–C) groups is 1. The molecule has 2 aliphatic rings. The lowest BCUT2D eigenvalue weighted by atomic mass is 10.0. The van der Waals surface area contributed by atoms with E-state index in [9.17, 15) is 0 Å². The van der Waals surface area contributed by atoms with Crippen molar-refractivity contribution in [2.75, 3.05) is 86.5 Å². The van der Waals surface area contributed by atoms with Crippen LogP contribution in [0.2, 0.25) is 0 Å². The van der Waals surface area contributed by atoms with E-state index in [-0.39, 0.29) is 30.0 Å². The second-order valence-corrected chi connectivity index (χ2v) is 7.74. The average Bonchev–Trinajstić information content (AvgIpc) is 2.83. The molecule has 182 valence electrons. The van der Waals surface area contributed by atoms with E-state index in [0.717, 1.165) is 89.2 Å². The van der Waals surface area contributed by atoms with Crippen LogP contribution in [0.1, 0.15) is 18.0 Å². The van der Waals surface area contributed by atoms with Crippen LogP contribution in [-0.4, -0.2) is 102 Å². The molecule has 0 amide bonds. The number of nitrogens with two attached hydrogens (primary N) is 1. The summed E-state index contributed by atoms with van der Waals surface area (Å²) < 4.78 is 21.8. The van der Waals surface area contributed by atoms with Gasteiger partial charge in [0.1, 0.15) is 0 Å². The Labute approximate surface area is 208 Å². The number of morpholine rings is 2. The van der Waals surface area contributed by atoms with E-state index < -0.39 is 0 Å². The fraction of sp³-hybridized carbons (Fsp3) is 0.682. The van der Waals surface area contributed by atoms with Crippen LogP contribution in [0.5, 0.6) is 11.5 Å². The van der Waals surface area contributed by atoms with Gasteiger partial charge in [-0.3, -0.25) is 14.8 Å².